The first-order chi connectivity index (χ1) is 8.22. The molecule has 2 unspecified atom stereocenters. The molecule has 0 radical (unpaired) electrons. The summed E-state index contributed by atoms with van der Waals surface area (Å²) in [5.74, 6) is 0.603. The molecule has 2 atom stereocenters. The van der Waals surface area contributed by atoms with Crippen molar-refractivity contribution < 1.29 is 0 Å². The van der Waals surface area contributed by atoms with E-state index in [1.165, 1.54) is 5.56 Å². The predicted octanol–water partition coefficient (Wildman–Crippen LogP) is 4.25. The number of H-pyrrole nitrogens is 1. The highest BCUT2D eigenvalue weighted by Crippen LogP contribution is 2.29. The van der Waals surface area contributed by atoms with E-state index >= 15 is 0 Å². The van der Waals surface area contributed by atoms with Crippen molar-refractivity contribution in [3.05, 3.63) is 53.3 Å². The van der Waals surface area contributed by atoms with Crippen molar-refractivity contribution in [1.82, 2.24) is 10.2 Å². The molecule has 1 aromatic carbocycles. The molecule has 1 heterocycles. The number of halogens is 1. The van der Waals surface area contributed by atoms with Crippen LogP contribution in [0.25, 0.3) is 0 Å². The molecule has 2 rings (SSSR count). The van der Waals surface area contributed by atoms with Crippen molar-refractivity contribution >= 4 is 11.6 Å². The summed E-state index contributed by atoms with van der Waals surface area (Å²) in [7, 11) is 0. The van der Waals surface area contributed by atoms with Crippen LogP contribution >= 0.6 is 11.6 Å². The van der Waals surface area contributed by atoms with Crippen LogP contribution in [0.15, 0.2) is 36.7 Å². The lowest BCUT2D eigenvalue weighted by molar-refractivity contribution is 0.733. The van der Waals surface area contributed by atoms with Gasteiger partial charge in [-0.15, -0.1) is 11.6 Å². The van der Waals surface area contributed by atoms with Crippen LogP contribution in [0, 0.1) is 0 Å². The van der Waals surface area contributed by atoms with Gasteiger partial charge in [0.05, 0.1) is 11.6 Å². The fourth-order valence-electron chi connectivity index (χ4n) is 1.82. The van der Waals surface area contributed by atoms with Crippen LogP contribution in [0.1, 0.15) is 48.3 Å². The zero-order chi connectivity index (χ0) is 12.3. The van der Waals surface area contributed by atoms with Gasteiger partial charge in [0.15, 0.2) is 0 Å². The zero-order valence-corrected chi connectivity index (χ0v) is 10.9. The maximum Gasteiger partial charge on any atom is 0.0865 e. The predicted molar refractivity (Wildman–Crippen MR) is 71.4 cm³/mol. The van der Waals surface area contributed by atoms with E-state index in [0.717, 1.165) is 17.5 Å². The van der Waals surface area contributed by atoms with E-state index < -0.39 is 0 Å². The molecule has 2 aromatic rings. The normalized spacial score (nSPS) is 14.5. The molecule has 17 heavy (non-hydrogen) atoms. The monoisotopic (exact) mass is 248 g/mol. The summed E-state index contributed by atoms with van der Waals surface area (Å²) >= 11 is 6.38. The minimum absolute atomic E-state index is 0.125. The van der Waals surface area contributed by atoms with E-state index in [1.807, 2.05) is 6.20 Å². The second-order valence-electron chi connectivity index (χ2n) is 4.37. The number of aromatic nitrogens is 2. The van der Waals surface area contributed by atoms with Crippen molar-refractivity contribution in [3.8, 4) is 0 Å². The second-order valence-corrected chi connectivity index (χ2v) is 4.81. The SMILES string of the molecule is CCC(C)c1ccc(C(Cl)c2cn[nH]c2)cc1. The van der Waals surface area contributed by atoms with Gasteiger partial charge in [-0.2, -0.15) is 5.10 Å². The standard InChI is InChI=1S/C14H17ClN2/c1-3-10(2)11-4-6-12(7-5-11)14(15)13-8-16-17-9-13/h4-10,14H,3H2,1-2H3,(H,16,17). The lowest BCUT2D eigenvalue weighted by atomic mass is 9.96. The van der Waals surface area contributed by atoms with Gasteiger partial charge in [0.25, 0.3) is 0 Å². The molecule has 1 N–H and O–H groups in total. The average Bonchev–Trinajstić information content (AvgIpc) is 2.91. The summed E-state index contributed by atoms with van der Waals surface area (Å²) in [5.41, 5.74) is 3.48. The van der Waals surface area contributed by atoms with Gasteiger partial charge < -0.3 is 0 Å². The average molecular weight is 249 g/mol. The van der Waals surface area contributed by atoms with Crippen LogP contribution in [0.2, 0.25) is 0 Å². The smallest absolute Gasteiger partial charge is 0.0865 e. The molecule has 0 saturated carbocycles. The maximum absolute atomic E-state index is 6.38. The maximum atomic E-state index is 6.38. The van der Waals surface area contributed by atoms with Crippen LogP contribution in [0.3, 0.4) is 0 Å². The Labute approximate surface area is 107 Å². The number of nitrogens with one attached hydrogen (secondary N) is 1. The summed E-state index contributed by atoms with van der Waals surface area (Å²) in [6, 6.07) is 8.54. The summed E-state index contributed by atoms with van der Waals surface area (Å²) in [4.78, 5) is 0. The minimum Gasteiger partial charge on any atom is -0.285 e. The Morgan fingerprint density at radius 2 is 1.82 bits per heavy atom. The van der Waals surface area contributed by atoms with Gasteiger partial charge in [0.2, 0.25) is 0 Å². The van der Waals surface area contributed by atoms with Crippen LogP contribution in [0.4, 0.5) is 0 Å². The van der Waals surface area contributed by atoms with Gasteiger partial charge in [0.1, 0.15) is 0 Å². The molecule has 0 bridgehead atoms. The van der Waals surface area contributed by atoms with Gasteiger partial charge in [-0.25, -0.2) is 0 Å². The summed E-state index contributed by atoms with van der Waals surface area (Å²) in [6.07, 6.45) is 4.76. The summed E-state index contributed by atoms with van der Waals surface area (Å²) in [6.45, 7) is 4.44. The number of nitrogens with zero attached hydrogens (tertiary/aromatic N) is 1. The molecule has 0 fully saturated rings. The van der Waals surface area contributed by atoms with E-state index in [4.69, 9.17) is 11.6 Å². The van der Waals surface area contributed by atoms with Gasteiger partial charge in [0, 0.05) is 11.8 Å². The molecule has 0 aliphatic heterocycles. The summed E-state index contributed by atoms with van der Waals surface area (Å²) in [5, 5.41) is 6.58. The molecule has 0 amide bonds. The Morgan fingerprint density at radius 3 is 2.35 bits per heavy atom. The third-order valence-electron chi connectivity index (χ3n) is 3.22. The molecule has 0 aliphatic rings. The highest BCUT2D eigenvalue weighted by Gasteiger charge is 2.12. The van der Waals surface area contributed by atoms with Crippen molar-refractivity contribution in [2.24, 2.45) is 0 Å². The molecule has 3 heteroatoms. The third-order valence-corrected chi connectivity index (χ3v) is 3.73. The topological polar surface area (TPSA) is 28.7 Å². The molecular formula is C14H17ClN2. The van der Waals surface area contributed by atoms with Crippen molar-refractivity contribution in [3.63, 3.8) is 0 Å². The number of aromatic amines is 1. The van der Waals surface area contributed by atoms with E-state index in [9.17, 15) is 0 Å². The highest BCUT2D eigenvalue weighted by atomic mass is 35.5. The molecular weight excluding hydrogens is 232 g/mol. The van der Waals surface area contributed by atoms with Crippen LogP contribution < -0.4 is 0 Å². The quantitative estimate of drug-likeness (QED) is 0.805. The Hall–Kier alpha value is -1.28. The fraction of sp³-hybridized carbons (Fsp3) is 0.357. The molecule has 0 spiro atoms. The molecule has 2 nitrogen and oxygen atoms in total. The highest BCUT2D eigenvalue weighted by molar-refractivity contribution is 6.22. The number of rotatable bonds is 4. The van der Waals surface area contributed by atoms with E-state index in [2.05, 4.69) is 48.3 Å². The third kappa shape index (κ3) is 2.70. The lowest BCUT2D eigenvalue weighted by Crippen LogP contribution is -1.94. The Bertz CT molecular complexity index is 448. The van der Waals surface area contributed by atoms with Gasteiger partial charge in [-0.05, 0) is 23.5 Å². The molecule has 90 valence electrons. The van der Waals surface area contributed by atoms with Crippen LogP contribution in [-0.4, -0.2) is 10.2 Å². The van der Waals surface area contributed by atoms with E-state index in [-0.39, 0.29) is 5.38 Å². The van der Waals surface area contributed by atoms with E-state index in [1.54, 1.807) is 6.20 Å². The molecule has 0 aliphatic carbocycles. The lowest BCUT2D eigenvalue weighted by Gasteiger charge is -2.12. The van der Waals surface area contributed by atoms with Gasteiger partial charge in [-0.3, -0.25) is 5.10 Å². The molecule has 0 saturated heterocycles. The van der Waals surface area contributed by atoms with Crippen LogP contribution in [-0.2, 0) is 0 Å². The van der Waals surface area contributed by atoms with E-state index in [0.29, 0.717) is 5.92 Å². The first-order valence-corrected chi connectivity index (χ1v) is 6.38. The Kier molecular flexibility index (Phi) is 3.85. The number of alkyl halides is 1. The van der Waals surface area contributed by atoms with Crippen molar-refractivity contribution in [2.75, 3.05) is 0 Å². The van der Waals surface area contributed by atoms with Gasteiger partial charge >= 0.3 is 0 Å². The van der Waals surface area contributed by atoms with Gasteiger partial charge in [-0.1, -0.05) is 38.1 Å². The fourth-order valence-corrected chi connectivity index (χ4v) is 2.09. The minimum atomic E-state index is -0.125. The largest absolute Gasteiger partial charge is 0.285 e. The Balaban J connectivity index is 2.18. The number of hydrogen-bond donors (Lipinski definition) is 1. The van der Waals surface area contributed by atoms with Crippen LogP contribution in [0.5, 0.6) is 0 Å². The van der Waals surface area contributed by atoms with Crippen molar-refractivity contribution in [2.45, 2.75) is 31.6 Å². The second kappa shape index (κ2) is 5.37. The first-order valence-electron chi connectivity index (χ1n) is 5.95. The first kappa shape index (κ1) is 12.2. The number of benzene rings is 1. The van der Waals surface area contributed by atoms with Crippen molar-refractivity contribution in [1.29, 1.82) is 0 Å². The Morgan fingerprint density at radius 1 is 1.18 bits per heavy atom. The number of hydrogen-bond acceptors (Lipinski definition) is 1. The zero-order valence-electron chi connectivity index (χ0n) is 10.2. The summed E-state index contributed by atoms with van der Waals surface area (Å²) < 4.78 is 0. The molecule has 1 aromatic heterocycles.